The van der Waals surface area contributed by atoms with Crippen LogP contribution in [0.2, 0.25) is 0 Å². The number of rotatable bonds is 3. The molecule has 0 aliphatic rings. The Labute approximate surface area is 82.6 Å². The maximum absolute atomic E-state index is 5.14. The van der Waals surface area contributed by atoms with Crippen LogP contribution in [0.5, 0.6) is 0 Å². The average molecular weight is 191 g/mol. The largest absolute Gasteiger partial charge is 0.447 e. The number of oxazole rings is 1. The molecule has 0 unspecified atom stereocenters. The summed E-state index contributed by atoms with van der Waals surface area (Å²) < 4.78 is 6.97. The van der Waals surface area contributed by atoms with Crippen LogP contribution in [0.4, 0.5) is 0 Å². The Morgan fingerprint density at radius 1 is 1.50 bits per heavy atom. The summed E-state index contributed by atoms with van der Waals surface area (Å²) in [4.78, 5) is 4.04. The molecular weight excluding hydrogens is 178 g/mol. The van der Waals surface area contributed by atoms with Gasteiger partial charge in [-0.1, -0.05) is 13.8 Å². The molecule has 0 spiro atoms. The highest BCUT2D eigenvalue weighted by atomic mass is 16.3. The van der Waals surface area contributed by atoms with Crippen molar-refractivity contribution in [1.29, 1.82) is 0 Å². The normalized spacial score (nSPS) is 11.1. The van der Waals surface area contributed by atoms with E-state index in [2.05, 4.69) is 23.9 Å². The van der Waals surface area contributed by atoms with Crippen molar-refractivity contribution in [2.75, 3.05) is 0 Å². The molecule has 2 aromatic rings. The highest BCUT2D eigenvalue weighted by Crippen LogP contribution is 2.10. The van der Waals surface area contributed by atoms with Crippen LogP contribution in [-0.2, 0) is 6.54 Å². The van der Waals surface area contributed by atoms with Gasteiger partial charge in [-0.15, -0.1) is 0 Å². The maximum Gasteiger partial charge on any atom is 0.215 e. The molecule has 4 nitrogen and oxygen atoms in total. The van der Waals surface area contributed by atoms with E-state index in [1.165, 1.54) is 0 Å². The third-order valence-corrected chi connectivity index (χ3v) is 2.03. The molecule has 14 heavy (non-hydrogen) atoms. The zero-order valence-corrected chi connectivity index (χ0v) is 8.34. The van der Waals surface area contributed by atoms with E-state index in [0.717, 1.165) is 5.69 Å². The lowest BCUT2D eigenvalue weighted by atomic mass is 10.1. The van der Waals surface area contributed by atoms with Gasteiger partial charge in [-0.05, 0) is 12.0 Å². The minimum absolute atomic E-state index is 0.459. The Morgan fingerprint density at radius 2 is 2.36 bits per heavy atom. The second-order valence-electron chi connectivity index (χ2n) is 3.52. The average Bonchev–Trinajstić information content (AvgIpc) is 2.75. The predicted molar refractivity (Wildman–Crippen MR) is 51.9 cm³/mol. The number of aromatic nitrogens is 3. The van der Waals surface area contributed by atoms with Crippen molar-refractivity contribution >= 4 is 0 Å². The maximum atomic E-state index is 5.14. The van der Waals surface area contributed by atoms with Gasteiger partial charge in [0.05, 0.1) is 11.9 Å². The lowest BCUT2D eigenvalue weighted by Crippen LogP contribution is -2.01. The first-order chi connectivity index (χ1) is 6.75. The summed E-state index contributed by atoms with van der Waals surface area (Å²) >= 11 is 0. The summed E-state index contributed by atoms with van der Waals surface area (Å²) in [6.45, 7) is 4.84. The van der Waals surface area contributed by atoms with E-state index in [9.17, 15) is 0 Å². The summed E-state index contributed by atoms with van der Waals surface area (Å²) in [5.74, 6) is 1.14. The lowest BCUT2D eigenvalue weighted by molar-refractivity contribution is 0.463. The van der Waals surface area contributed by atoms with Gasteiger partial charge in [0.1, 0.15) is 12.8 Å². The van der Waals surface area contributed by atoms with E-state index in [4.69, 9.17) is 4.42 Å². The van der Waals surface area contributed by atoms with Crippen molar-refractivity contribution in [1.82, 2.24) is 14.8 Å². The van der Waals surface area contributed by atoms with Crippen molar-refractivity contribution < 1.29 is 4.42 Å². The molecule has 74 valence electrons. The molecule has 0 N–H and O–H groups in total. The van der Waals surface area contributed by atoms with E-state index < -0.39 is 0 Å². The summed E-state index contributed by atoms with van der Waals surface area (Å²) in [5.41, 5.74) is 1.09. The van der Waals surface area contributed by atoms with Crippen molar-refractivity contribution in [2.45, 2.75) is 26.3 Å². The molecule has 0 radical (unpaired) electrons. The van der Waals surface area contributed by atoms with Crippen molar-refractivity contribution in [3.63, 3.8) is 0 Å². The first-order valence-electron chi connectivity index (χ1n) is 4.67. The van der Waals surface area contributed by atoms with Gasteiger partial charge in [0.2, 0.25) is 5.89 Å². The van der Waals surface area contributed by atoms with Gasteiger partial charge in [0, 0.05) is 6.20 Å². The fraction of sp³-hybridized carbons (Fsp3) is 0.400. The molecule has 0 aliphatic carbocycles. The van der Waals surface area contributed by atoms with E-state index in [1.807, 2.05) is 16.9 Å². The predicted octanol–water partition coefficient (Wildman–Crippen LogP) is 2.04. The Balaban J connectivity index is 2.11. The highest BCUT2D eigenvalue weighted by molar-refractivity contribution is 5.04. The Kier molecular flexibility index (Phi) is 2.35. The number of nitrogens with zero attached hydrogens (tertiary/aromatic N) is 3. The molecule has 2 rings (SSSR count). The minimum Gasteiger partial charge on any atom is -0.447 e. The fourth-order valence-corrected chi connectivity index (χ4v) is 1.24. The fourth-order valence-electron chi connectivity index (χ4n) is 1.24. The summed E-state index contributed by atoms with van der Waals surface area (Å²) in [7, 11) is 0. The second-order valence-corrected chi connectivity index (χ2v) is 3.52. The Morgan fingerprint density at radius 3 is 2.93 bits per heavy atom. The van der Waals surface area contributed by atoms with E-state index in [1.54, 1.807) is 12.5 Å². The molecule has 2 aromatic heterocycles. The van der Waals surface area contributed by atoms with Crippen LogP contribution in [0.1, 0.15) is 31.4 Å². The highest BCUT2D eigenvalue weighted by Gasteiger charge is 2.04. The molecule has 0 saturated carbocycles. The Hall–Kier alpha value is -1.58. The van der Waals surface area contributed by atoms with Crippen molar-refractivity contribution in [3.8, 4) is 0 Å². The van der Waals surface area contributed by atoms with Crippen LogP contribution in [-0.4, -0.2) is 14.8 Å². The zero-order valence-electron chi connectivity index (χ0n) is 8.34. The molecule has 2 heterocycles. The van der Waals surface area contributed by atoms with Crippen LogP contribution < -0.4 is 0 Å². The van der Waals surface area contributed by atoms with E-state index >= 15 is 0 Å². The molecular formula is C10H13N3O. The van der Waals surface area contributed by atoms with Gasteiger partial charge in [-0.2, -0.15) is 5.10 Å². The van der Waals surface area contributed by atoms with Crippen molar-refractivity contribution in [2.24, 2.45) is 0 Å². The molecule has 0 fully saturated rings. The van der Waals surface area contributed by atoms with Gasteiger partial charge >= 0.3 is 0 Å². The summed E-state index contributed by atoms with van der Waals surface area (Å²) in [5, 5.41) is 4.40. The molecule has 0 aliphatic heterocycles. The van der Waals surface area contributed by atoms with Gasteiger partial charge < -0.3 is 4.42 Å². The molecule has 0 saturated heterocycles. The minimum atomic E-state index is 0.459. The molecule has 0 atom stereocenters. The number of hydrogen-bond acceptors (Lipinski definition) is 3. The van der Waals surface area contributed by atoms with Crippen LogP contribution in [0, 0.1) is 0 Å². The molecule has 0 aromatic carbocycles. The topological polar surface area (TPSA) is 43.9 Å². The van der Waals surface area contributed by atoms with Gasteiger partial charge in [-0.3, -0.25) is 4.68 Å². The van der Waals surface area contributed by atoms with Gasteiger partial charge in [-0.25, -0.2) is 4.98 Å². The molecule has 0 amide bonds. The smallest absolute Gasteiger partial charge is 0.215 e. The van der Waals surface area contributed by atoms with Gasteiger partial charge in [0.25, 0.3) is 0 Å². The van der Waals surface area contributed by atoms with Crippen LogP contribution >= 0.6 is 0 Å². The quantitative estimate of drug-likeness (QED) is 0.745. The standard InChI is InChI=1S/C10H13N3O/c1-8(2)9-3-5-13(12-9)7-10-11-4-6-14-10/h3-6,8H,7H2,1-2H3. The summed E-state index contributed by atoms with van der Waals surface area (Å²) in [6, 6.07) is 2.02. The lowest BCUT2D eigenvalue weighted by Gasteiger charge is -1.98. The van der Waals surface area contributed by atoms with Gasteiger partial charge in [0.15, 0.2) is 0 Å². The molecule has 4 heteroatoms. The van der Waals surface area contributed by atoms with E-state index in [0.29, 0.717) is 18.4 Å². The summed E-state index contributed by atoms with van der Waals surface area (Å²) in [6.07, 6.45) is 5.16. The third-order valence-electron chi connectivity index (χ3n) is 2.03. The Bertz CT molecular complexity index is 389. The van der Waals surface area contributed by atoms with E-state index in [-0.39, 0.29) is 0 Å². The third kappa shape index (κ3) is 1.84. The first kappa shape index (κ1) is 8.99. The monoisotopic (exact) mass is 191 g/mol. The van der Waals surface area contributed by atoms with Crippen LogP contribution in [0.25, 0.3) is 0 Å². The second kappa shape index (κ2) is 3.65. The zero-order chi connectivity index (χ0) is 9.97. The van der Waals surface area contributed by atoms with Crippen LogP contribution in [0.15, 0.2) is 29.1 Å². The van der Waals surface area contributed by atoms with Crippen molar-refractivity contribution in [3.05, 3.63) is 36.3 Å². The number of hydrogen-bond donors (Lipinski definition) is 0. The molecule has 0 bridgehead atoms. The SMILES string of the molecule is CC(C)c1ccn(Cc2ncco2)n1. The van der Waals surface area contributed by atoms with Crippen LogP contribution in [0.3, 0.4) is 0 Å². The first-order valence-corrected chi connectivity index (χ1v) is 4.67.